The molecule has 0 heterocycles. The molecule has 0 atom stereocenters. The van der Waals surface area contributed by atoms with Crippen molar-refractivity contribution in [2.45, 2.75) is 0 Å². The van der Waals surface area contributed by atoms with Crippen LogP contribution in [0.25, 0.3) is 0 Å². The molecule has 0 saturated heterocycles. The van der Waals surface area contributed by atoms with Crippen molar-refractivity contribution in [2.75, 3.05) is 0 Å². The molecule has 11 heavy (non-hydrogen) atoms. The zero-order valence-electron chi connectivity index (χ0n) is 5.74. The van der Waals surface area contributed by atoms with Gasteiger partial charge in [0.25, 0.3) is 0 Å². The minimum Gasteiger partial charge on any atom is -0.859 e. The molecular formula is C6H8FeN2O2. The van der Waals surface area contributed by atoms with E-state index in [2.05, 4.69) is 13.2 Å². The minimum absolute atomic E-state index is 0. The zero-order chi connectivity index (χ0) is 8.57. The molecule has 0 unspecified atom stereocenters. The third kappa shape index (κ3) is 49.8. The largest absolute Gasteiger partial charge is 2.00 e. The first kappa shape index (κ1) is 16.5. The molecule has 4 nitrogen and oxygen atoms in total. The maximum absolute atomic E-state index is 9.36. The summed E-state index contributed by atoms with van der Waals surface area (Å²) in [6.07, 6.45) is 1.89. The van der Waals surface area contributed by atoms with Crippen LogP contribution in [0, 0.1) is 10.8 Å². The maximum atomic E-state index is 9.36. The SMILES string of the molecule is C=CC(=N)[O-].C=CC(=N)[O-].[Fe+2]. The summed E-state index contributed by atoms with van der Waals surface area (Å²) in [4.78, 5) is 0. The first-order chi connectivity index (χ1) is 4.54. The van der Waals surface area contributed by atoms with Crippen molar-refractivity contribution in [3.05, 3.63) is 25.3 Å². The second kappa shape index (κ2) is 11.7. The number of hydrogen-bond donors (Lipinski definition) is 2. The van der Waals surface area contributed by atoms with Gasteiger partial charge in [0.2, 0.25) is 0 Å². The quantitative estimate of drug-likeness (QED) is 0.337. The predicted octanol–water partition coefficient (Wildman–Crippen LogP) is -0.983. The Hall–Kier alpha value is -1.06. The van der Waals surface area contributed by atoms with Crippen molar-refractivity contribution >= 4 is 11.8 Å². The Bertz CT molecular complexity index is 139. The molecule has 0 saturated carbocycles. The third-order valence-electron chi connectivity index (χ3n) is 0.371. The second-order valence-electron chi connectivity index (χ2n) is 1.14. The van der Waals surface area contributed by atoms with E-state index in [9.17, 15) is 10.2 Å². The van der Waals surface area contributed by atoms with Gasteiger partial charge in [-0.05, 0) is 11.8 Å². The predicted molar refractivity (Wildman–Crippen MR) is 35.8 cm³/mol. The van der Waals surface area contributed by atoms with Crippen molar-refractivity contribution in [3.63, 3.8) is 0 Å². The Morgan fingerprint density at radius 3 is 1.09 bits per heavy atom. The molecule has 0 aliphatic heterocycles. The fourth-order valence-electron chi connectivity index (χ4n) is 0. The van der Waals surface area contributed by atoms with Crippen LogP contribution in [0.1, 0.15) is 0 Å². The van der Waals surface area contributed by atoms with E-state index >= 15 is 0 Å². The number of hydrogen-bond acceptors (Lipinski definition) is 4. The second-order valence-corrected chi connectivity index (χ2v) is 1.14. The van der Waals surface area contributed by atoms with Crippen LogP contribution in [0.15, 0.2) is 25.3 Å². The van der Waals surface area contributed by atoms with E-state index in [0.717, 1.165) is 12.2 Å². The third-order valence-corrected chi connectivity index (χ3v) is 0.371. The van der Waals surface area contributed by atoms with E-state index in [0.29, 0.717) is 0 Å². The molecule has 0 aliphatic rings. The topological polar surface area (TPSA) is 93.8 Å². The molecule has 0 aromatic carbocycles. The van der Waals surface area contributed by atoms with Gasteiger partial charge in [-0.15, -0.1) is 0 Å². The standard InChI is InChI=1S/2C3H5NO.Fe/c2*1-2-3(4)5;/h2*2H,1H2,(H2,4,5);/q;;+2/p-2. The van der Waals surface area contributed by atoms with Gasteiger partial charge < -0.3 is 21.0 Å². The maximum Gasteiger partial charge on any atom is 2.00 e. The van der Waals surface area contributed by atoms with Crippen LogP contribution in [-0.2, 0) is 17.1 Å². The summed E-state index contributed by atoms with van der Waals surface area (Å²) in [5, 5.41) is 30.9. The minimum atomic E-state index is -0.731. The monoisotopic (exact) mass is 196 g/mol. The van der Waals surface area contributed by atoms with Crippen LogP contribution in [0.4, 0.5) is 0 Å². The van der Waals surface area contributed by atoms with Crippen LogP contribution in [0.3, 0.4) is 0 Å². The summed E-state index contributed by atoms with van der Waals surface area (Å²) < 4.78 is 0. The fourth-order valence-corrected chi connectivity index (χ4v) is 0. The smallest absolute Gasteiger partial charge is 0.859 e. The normalized spacial score (nSPS) is 5.82. The Morgan fingerprint density at radius 1 is 1.00 bits per heavy atom. The van der Waals surface area contributed by atoms with E-state index < -0.39 is 11.8 Å². The molecule has 0 radical (unpaired) electrons. The van der Waals surface area contributed by atoms with Gasteiger partial charge in [-0.25, -0.2) is 0 Å². The van der Waals surface area contributed by atoms with Crippen molar-refractivity contribution in [1.82, 2.24) is 0 Å². The summed E-state index contributed by atoms with van der Waals surface area (Å²) in [6.45, 7) is 6.05. The Morgan fingerprint density at radius 2 is 1.09 bits per heavy atom. The van der Waals surface area contributed by atoms with Gasteiger partial charge in [-0.3, -0.25) is 0 Å². The zero-order valence-corrected chi connectivity index (χ0v) is 6.84. The molecule has 5 heteroatoms. The van der Waals surface area contributed by atoms with Gasteiger partial charge in [-0.1, -0.05) is 25.3 Å². The molecule has 62 valence electrons. The first-order valence-electron chi connectivity index (χ1n) is 2.30. The van der Waals surface area contributed by atoms with Crippen molar-refractivity contribution < 1.29 is 27.3 Å². The number of rotatable bonds is 2. The fraction of sp³-hybridized carbons (Fsp3) is 0. The van der Waals surface area contributed by atoms with Gasteiger partial charge in [-0.2, -0.15) is 0 Å². The Kier molecular flexibility index (Phi) is 17.5. The van der Waals surface area contributed by atoms with E-state index in [-0.39, 0.29) is 17.1 Å². The summed E-state index contributed by atoms with van der Waals surface area (Å²) in [5.74, 6) is -1.46. The van der Waals surface area contributed by atoms with E-state index in [4.69, 9.17) is 10.8 Å². The van der Waals surface area contributed by atoms with Gasteiger partial charge >= 0.3 is 17.1 Å². The molecule has 0 bridgehead atoms. The molecule has 0 aromatic rings. The van der Waals surface area contributed by atoms with Crippen LogP contribution in [0.2, 0.25) is 0 Å². The van der Waals surface area contributed by atoms with Gasteiger partial charge in [0.05, 0.1) is 0 Å². The van der Waals surface area contributed by atoms with Crippen LogP contribution in [-0.4, -0.2) is 11.8 Å². The molecular weight excluding hydrogens is 188 g/mol. The average Bonchev–Trinajstić information content (AvgIpc) is 1.89. The molecule has 0 rings (SSSR count). The molecule has 0 fully saturated rings. The van der Waals surface area contributed by atoms with Crippen molar-refractivity contribution in [3.8, 4) is 0 Å². The van der Waals surface area contributed by atoms with Gasteiger partial charge in [0.1, 0.15) is 0 Å². The molecule has 0 aliphatic carbocycles. The van der Waals surface area contributed by atoms with Crippen LogP contribution < -0.4 is 10.2 Å². The number of nitrogens with one attached hydrogen (secondary N) is 2. The van der Waals surface area contributed by atoms with Gasteiger partial charge in [0, 0.05) is 0 Å². The Labute approximate surface area is 75.7 Å². The first-order valence-corrected chi connectivity index (χ1v) is 2.30. The van der Waals surface area contributed by atoms with E-state index in [1.165, 1.54) is 0 Å². The molecule has 0 amide bonds. The average molecular weight is 196 g/mol. The van der Waals surface area contributed by atoms with Gasteiger partial charge in [0.15, 0.2) is 0 Å². The summed E-state index contributed by atoms with van der Waals surface area (Å²) in [7, 11) is 0. The van der Waals surface area contributed by atoms with Crippen molar-refractivity contribution in [2.24, 2.45) is 0 Å². The summed E-state index contributed by atoms with van der Waals surface area (Å²) in [5.41, 5.74) is 0. The van der Waals surface area contributed by atoms with Crippen LogP contribution in [0.5, 0.6) is 0 Å². The van der Waals surface area contributed by atoms with Crippen LogP contribution >= 0.6 is 0 Å². The molecule has 0 spiro atoms. The molecule has 0 aromatic heterocycles. The summed E-state index contributed by atoms with van der Waals surface area (Å²) >= 11 is 0. The molecule has 2 N–H and O–H groups in total. The summed E-state index contributed by atoms with van der Waals surface area (Å²) in [6, 6.07) is 0. The Balaban J connectivity index is -0.000000107. The van der Waals surface area contributed by atoms with Crippen molar-refractivity contribution in [1.29, 1.82) is 10.8 Å². The van der Waals surface area contributed by atoms with E-state index in [1.807, 2.05) is 0 Å². The van der Waals surface area contributed by atoms with E-state index in [1.54, 1.807) is 0 Å².